The van der Waals surface area contributed by atoms with Crippen molar-refractivity contribution in [1.82, 2.24) is 15.5 Å². The average molecular weight is 385 g/mol. The van der Waals surface area contributed by atoms with Crippen molar-refractivity contribution >= 4 is 5.96 Å². The quantitative estimate of drug-likeness (QED) is 0.241. The first kappa shape index (κ1) is 22.4. The normalized spacial score (nSPS) is 22.9. The highest BCUT2D eigenvalue weighted by atomic mass is 16.5. The Labute approximate surface area is 164 Å². The fourth-order valence-electron chi connectivity index (χ4n) is 3.69. The zero-order valence-electron chi connectivity index (χ0n) is 17.3. The zero-order chi connectivity index (χ0) is 19.4. The molecule has 1 saturated heterocycles. The number of aliphatic hydroxyl groups is 1. The van der Waals surface area contributed by atoms with Crippen LogP contribution in [0.4, 0.5) is 0 Å². The summed E-state index contributed by atoms with van der Waals surface area (Å²) in [4.78, 5) is 6.82. The molecule has 0 amide bonds. The number of nitrogens with zero attached hydrogens (tertiary/aromatic N) is 2. The van der Waals surface area contributed by atoms with Crippen LogP contribution in [0.15, 0.2) is 4.99 Å². The first-order chi connectivity index (χ1) is 13.1. The van der Waals surface area contributed by atoms with Gasteiger partial charge >= 0.3 is 0 Å². The van der Waals surface area contributed by atoms with E-state index in [-0.39, 0.29) is 0 Å². The van der Waals surface area contributed by atoms with Crippen LogP contribution < -0.4 is 10.6 Å². The van der Waals surface area contributed by atoms with E-state index in [0.29, 0.717) is 25.8 Å². The molecule has 0 spiro atoms. The van der Waals surface area contributed by atoms with Crippen LogP contribution in [-0.4, -0.2) is 86.8 Å². The molecule has 2 fully saturated rings. The molecule has 1 saturated carbocycles. The fraction of sp³-hybridized carbons (Fsp3) is 0.950. The zero-order valence-corrected chi connectivity index (χ0v) is 17.3. The lowest BCUT2D eigenvalue weighted by atomic mass is 10.1. The summed E-state index contributed by atoms with van der Waals surface area (Å²) in [5, 5.41) is 17.2. The third kappa shape index (κ3) is 9.74. The van der Waals surface area contributed by atoms with Crippen molar-refractivity contribution in [2.75, 3.05) is 59.1 Å². The second-order valence-corrected chi connectivity index (χ2v) is 7.99. The molecular formula is C20H40N4O3. The molecular weight excluding hydrogens is 344 g/mol. The summed E-state index contributed by atoms with van der Waals surface area (Å²) in [6.45, 7) is 10.3. The molecule has 2 rings (SSSR count). The monoisotopic (exact) mass is 384 g/mol. The third-order valence-corrected chi connectivity index (χ3v) is 5.14. The predicted octanol–water partition coefficient (Wildman–Crippen LogP) is 1.36. The maximum Gasteiger partial charge on any atom is 0.191 e. The molecule has 0 aromatic rings. The molecule has 0 bridgehead atoms. The van der Waals surface area contributed by atoms with E-state index in [9.17, 15) is 5.11 Å². The van der Waals surface area contributed by atoms with Gasteiger partial charge in [0.15, 0.2) is 5.96 Å². The van der Waals surface area contributed by atoms with Crippen molar-refractivity contribution in [1.29, 1.82) is 0 Å². The summed E-state index contributed by atoms with van der Waals surface area (Å²) < 4.78 is 11.4. The highest BCUT2D eigenvalue weighted by Gasteiger charge is 2.25. The van der Waals surface area contributed by atoms with Gasteiger partial charge in [0, 0.05) is 32.7 Å². The van der Waals surface area contributed by atoms with Gasteiger partial charge in [-0.1, -0.05) is 25.7 Å². The lowest BCUT2D eigenvalue weighted by Crippen LogP contribution is -2.48. The van der Waals surface area contributed by atoms with Crippen LogP contribution in [0, 0.1) is 0 Å². The number of guanidine groups is 1. The maximum atomic E-state index is 10.7. The Morgan fingerprint density at radius 2 is 1.89 bits per heavy atom. The van der Waals surface area contributed by atoms with Gasteiger partial charge in [0.2, 0.25) is 0 Å². The van der Waals surface area contributed by atoms with Gasteiger partial charge in [-0.25, -0.2) is 0 Å². The molecule has 2 aliphatic rings. The molecule has 1 atom stereocenters. The van der Waals surface area contributed by atoms with Gasteiger partial charge in [0.25, 0.3) is 0 Å². The molecule has 0 aromatic carbocycles. The number of hydrogen-bond acceptors (Lipinski definition) is 5. The minimum absolute atomic E-state index is 0.364. The minimum Gasteiger partial charge on any atom is -0.387 e. The van der Waals surface area contributed by atoms with Crippen LogP contribution in [0.2, 0.25) is 0 Å². The van der Waals surface area contributed by atoms with Crippen LogP contribution >= 0.6 is 0 Å². The van der Waals surface area contributed by atoms with E-state index in [1.165, 1.54) is 38.5 Å². The van der Waals surface area contributed by atoms with Crippen LogP contribution in [0.3, 0.4) is 0 Å². The van der Waals surface area contributed by atoms with Crippen molar-refractivity contribution in [2.24, 2.45) is 4.99 Å². The minimum atomic E-state index is -0.851. The molecule has 1 aliphatic heterocycles. The number of hydrogen-bond donors (Lipinski definition) is 3. The SMILES string of the molecule is CCNC(=NCC(C)(O)CN1CCOCC1)NCCOC1CCCCCC1. The van der Waals surface area contributed by atoms with E-state index in [4.69, 9.17) is 9.47 Å². The lowest BCUT2D eigenvalue weighted by Gasteiger charge is -2.33. The van der Waals surface area contributed by atoms with E-state index in [2.05, 4.69) is 20.5 Å². The Morgan fingerprint density at radius 3 is 2.56 bits per heavy atom. The molecule has 7 heteroatoms. The maximum absolute atomic E-state index is 10.7. The Kier molecular flexibility index (Phi) is 10.4. The second kappa shape index (κ2) is 12.5. The molecule has 3 N–H and O–H groups in total. The second-order valence-electron chi connectivity index (χ2n) is 7.99. The highest BCUT2D eigenvalue weighted by Crippen LogP contribution is 2.19. The molecule has 1 unspecified atom stereocenters. The third-order valence-electron chi connectivity index (χ3n) is 5.14. The summed E-state index contributed by atoms with van der Waals surface area (Å²) in [6.07, 6.45) is 8.08. The standard InChI is InChI=1S/C20H40N4O3/c1-3-21-19(22-10-13-27-18-8-6-4-5-7-9-18)23-16-20(2,25)17-24-11-14-26-15-12-24/h18,25H,3-17H2,1-2H3,(H2,21,22,23). The van der Waals surface area contributed by atoms with Crippen molar-refractivity contribution in [2.45, 2.75) is 64.1 Å². The van der Waals surface area contributed by atoms with Gasteiger partial charge in [-0.3, -0.25) is 9.89 Å². The van der Waals surface area contributed by atoms with Gasteiger partial charge in [-0.05, 0) is 26.7 Å². The van der Waals surface area contributed by atoms with Gasteiger partial charge < -0.3 is 25.2 Å². The van der Waals surface area contributed by atoms with Crippen LogP contribution in [0.25, 0.3) is 0 Å². The van der Waals surface area contributed by atoms with Crippen LogP contribution in [0.1, 0.15) is 52.4 Å². The van der Waals surface area contributed by atoms with E-state index in [1.807, 2.05) is 13.8 Å². The number of β-amino-alcohol motifs (C(OH)–C–C–N with tert-alkyl or cyclic N) is 1. The van der Waals surface area contributed by atoms with Crippen molar-refractivity contribution in [3.8, 4) is 0 Å². The summed E-state index contributed by atoms with van der Waals surface area (Å²) >= 11 is 0. The largest absolute Gasteiger partial charge is 0.387 e. The van der Waals surface area contributed by atoms with Gasteiger partial charge in [-0.2, -0.15) is 0 Å². The van der Waals surface area contributed by atoms with Gasteiger partial charge in [-0.15, -0.1) is 0 Å². The number of morpholine rings is 1. The van der Waals surface area contributed by atoms with Crippen molar-refractivity contribution < 1.29 is 14.6 Å². The van der Waals surface area contributed by atoms with E-state index >= 15 is 0 Å². The predicted molar refractivity (Wildman–Crippen MR) is 109 cm³/mol. The summed E-state index contributed by atoms with van der Waals surface area (Å²) in [5.74, 6) is 0.740. The number of nitrogens with one attached hydrogen (secondary N) is 2. The Hall–Kier alpha value is -0.890. The van der Waals surface area contributed by atoms with E-state index in [0.717, 1.165) is 45.4 Å². The first-order valence-electron chi connectivity index (χ1n) is 10.8. The number of aliphatic imine (C=N–C) groups is 1. The summed E-state index contributed by atoms with van der Waals surface area (Å²) in [6, 6.07) is 0. The number of ether oxygens (including phenoxy) is 2. The molecule has 0 radical (unpaired) electrons. The van der Waals surface area contributed by atoms with Crippen molar-refractivity contribution in [3.05, 3.63) is 0 Å². The molecule has 0 aromatic heterocycles. The lowest BCUT2D eigenvalue weighted by molar-refractivity contribution is -0.0180. The highest BCUT2D eigenvalue weighted by molar-refractivity contribution is 5.79. The fourth-order valence-corrected chi connectivity index (χ4v) is 3.69. The molecule has 1 aliphatic carbocycles. The Morgan fingerprint density at radius 1 is 1.19 bits per heavy atom. The smallest absolute Gasteiger partial charge is 0.191 e. The molecule has 1 heterocycles. The van der Waals surface area contributed by atoms with Crippen molar-refractivity contribution in [3.63, 3.8) is 0 Å². The number of rotatable bonds is 9. The van der Waals surface area contributed by atoms with E-state index in [1.54, 1.807) is 0 Å². The first-order valence-corrected chi connectivity index (χ1v) is 10.8. The van der Waals surface area contributed by atoms with E-state index < -0.39 is 5.60 Å². The van der Waals surface area contributed by atoms with Gasteiger partial charge in [0.1, 0.15) is 0 Å². The molecule has 7 nitrogen and oxygen atoms in total. The summed E-state index contributed by atoms with van der Waals surface area (Å²) in [7, 11) is 0. The Bertz CT molecular complexity index is 417. The topological polar surface area (TPSA) is 78.4 Å². The van der Waals surface area contributed by atoms with Gasteiger partial charge in [0.05, 0.1) is 38.1 Å². The van der Waals surface area contributed by atoms with Crippen LogP contribution in [-0.2, 0) is 9.47 Å². The molecule has 158 valence electrons. The molecule has 27 heavy (non-hydrogen) atoms. The van der Waals surface area contributed by atoms with Crippen LogP contribution in [0.5, 0.6) is 0 Å². The average Bonchev–Trinajstić information content (AvgIpc) is 2.92. The Balaban J connectivity index is 1.70. The summed E-state index contributed by atoms with van der Waals surface area (Å²) in [5.41, 5.74) is -0.851.